The molecule has 0 radical (unpaired) electrons. The highest BCUT2D eigenvalue weighted by molar-refractivity contribution is 5.82. The molecule has 1 aliphatic carbocycles. The molecule has 3 aromatic rings. The van der Waals surface area contributed by atoms with Crippen molar-refractivity contribution in [3.05, 3.63) is 89.5 Å². The first-order valence-corrected chi connectivity index (χ1v) is 13.0. The van der Waals surface area contributed by atoms with Crippen LogP contribution in [0.15, 0.2) is 72.8 Å². The number of carbonyl (C=O) groups is 3. The molecular formula is C31H33NO8. The van der Waals surface area contributed by atoms with Crippen LogP contribution in [0.3, 0.4) is 0 Å². The van der Waals surface area contributed by atoms with Crippen LogP contribution in [0.2, 0.25) is 0 Å². The average molecular weight is 548 g/mol. The number of hydrogen-bond acceptors (Lipinski definition) is 7. The van der Waals surface area contributed by atoms with Gasteiger partial charge in [0, 0.05) is 5.92 Å². The van der Waals surface area contributed by atoms with Gasteiger partial charge in [0.15, 0.2) is 12.6 Å². The quantitative estimate of drug-likeness (QED) is 0.325. The number of nitrogens with one attached hydrogen (secondary N) is 1. The van der Waals surface area contributed by atoms with Crippen molar-refractivity contribution in [3.63, 3.8) is 0 Å². The fourth-order valence-electron chi connectivity index (χ4n) is 4.37. The molecule has 9 nitrogen and oxygen atoms in total. The number of hydrogen-bond donors (Lipinski definition) is 2. The van der Waals surface area contributed by atoms with Crippen molar-refractivity contribution >= 4 is 18.0 Å². The summed E-state index contributed by atoms with van der Waals surface area (Å²) in [5, 5.41) is 11.3. The van der Waals surface area contributed by atoms with Crippen LogP contribution in [0.25, 0.3) is 11.1 Å². The van der Waals surface area contributed by atoms with Crippen molar-refractivity contribution in [2.45, 2.75) is 44.9 Å². The lowest BCUT2D eigenvalue weighted by molar-refractivity contribution is -0.150. The van der Waals surface area contributed by atoms with Crippen molar-refractivity contribution in [2.24, 2.45) is 0 Å². The number of ether oxygens (including phenoxy) is 4. The average Bonchev–Trinajstić information content (AvgIpc) is 3.25. The van der Waals surface area contributed by atoms with E-state index in [-0.39, 0.29) is 25.7 Å². The van der Waals surface area contributed by atoms with Gasteiger partial charge in [-0.05, 0) is 60.7 Å². The molecule has 3 aromatic carbocycles. The Hall–Kier alpha value is -4.37. The highest BCUT2D eigenvalue weighted by Crippen LogP contribution is 2.44. The first-order valence-electron chi connectivity index (χ1n) is 13.0. The van der Waals surface area contributed by atoms with Crippen molar-refractivity contribution in [2.75, 3.05) is 19.8 Å². The van der Waals surface area contributed by atoms with Crippen molar-refractivity contribution in [3.8, 4) is 16.9 Å². The largest absolute Gasteiger partial charge is 0.482 e. The van der Waals surface area contributed by atoms with E-state index in [0.29, 0.717) is 11.3 Å². The Morgan fingerprint density at radius 2 is 1.48 bits per heavy atom. The van der Waals surface area contributed by atoms with Crippen LogP contribution < -0.4 is 10.1 Å². The SMILES string of the molecule is CC(C)(C)OC[C@H](NC(=O)OCC1c2ccccc2-c2ccccc21)C(=O)OCc1ccc(OCC(=O)O)cc1. The molecule has 0 fully saturated rings. The Bertz CT molecular complexity index is 1300. The zero-order valence-corrected chi connectivity index (χ0v) is 22.7. The van der Waals surface area contributed by atoms with E-state index in [2.05, 4.69) is 17.4 Å². The monoisotopic (exact) mass is 547 g/mol. The molecule has 0 unspecified atom stereocenters. The van der Waals surface area contributed by atoms with Gasteiger partial charge in [0.05, 0.1) is 12.2 Å². The maximum Gasteiger partial charge on any atom is 0.407 e. The summed E-state index contributed by atoms with van der Waals surface area (Å²) in [5.41, 5.74) is 4.52. The molecule has 0 bridgehead atoms. The van der Waals surface area contributed by atoms with E-state index in [1.807, 2.05) is 57.2 Å². The molecule has 0 saturated heterocycles. The molecule has 4 rings (SSSR count). The number of rotatable bonds is 11. The van der Waals surface area contributed by atoms with Crippen molar-refractivity contribution < 1.29 is 38.4 Å². The Kier molecular flexibility index (Phi) is 9.06. The Morgan fingerprint density at radius 3 is 2.05 bits per heavy atom. The van der Waals surface area contributed by atoms with E-state index >= 15 is 0 Å². The molecule has 210 valence electrons. The van der Waals surface area contributed by atoms with Crippen LogP contribution >= 0.6 is 0 Å². The first-order chi connectivity index (χ1) is 19.1. The number of carboxylic acid groups (broad SMARTS) is 1. The number of carbonyl (C=O) groups excluding carboxylic acids is 2. The Balaban J connectivity index is 1.36. The van der Waals surface area contributed by atoms with E-state index in [1.54, 1.807) is 24.3 Å². The molecule has 1 aliphatic rings. The molecule has 40 heavy (non-hydrogen) atoms. The van der Waals surface area contributed by atoms with Crippen LogP contribution in [-0.4, -0.2) is 54.6 Å². The van der Waals surface area contributed by atoms with Crippen LogP contribution in [0, 0.1) is 0 Å². The van der Waals surface area contributed by atoms with Gasteiger partial charge in [-0.15, -0.1) is 0 Å². The molecule has 0 aromatic heterocycles. The van der Waals surface area contributed by atoms with Gasteiger partial charge < -0.3 is 29.4 Å². The van der Waals surface area contributed by atoms with Gasteiger partial charge in [-0.3, -0.25) is 0 Å². The van der Waals surface area contributed by atoms with E-state index in [9.17, 15) is 14.4 Å². The Labute approximate surface area is 233 Å². The summed E-state index contributed by atoms with van der Waals surface area (Å²) in [6.45, 7) is 5.03. The highest BCUT2D eigenvalue weighted by atomic mass is 16.6. The number of aliphatic carboxylic acids is 1. The zero-order chi connectivity index (χ0) is 28.7. The van der Waals surface area contributed by atoms with Gasteiger partial charge in [-0.1, -0.05) is 60.7 Å². The molecule has 2 N–H and O–H groups in total. The molecule has 9 heteroatoms. The Morgan fingerprint density at radius 1 is 0.875 bits per heavy atom. The minimum absolute atomic E-state index is 0.0591. The second kappa shape index (κ2) is 12.7. The fraction of sp³-hybridized carbons (Fsp3) is 0.323. The third-order valence-electron chi connectivity index (χ3n) is 6.27. The maximum absolute atomic E-state index is 12.9. The number of alkyl carbamates (subject to hydrolysis) is 1. The summed E-state index contributed by atoms with van der Waals surface area (Å²) in [5.74, 6) is -1.49. The number of fused-ring (bicyclic) bond motifs is 3. The molecule has 0 spiro atoms. The van der Waals surface area contributed by atoms with Gasteiger partial charge in [0.25, 0.3) is 0 Å². The minimum atomic E-state index is -1.09. The lowest BCUT2D eigenvalue weighted by Crippen LogP contribution is -2.46. The van der Waals surface area contributed by atoms with Gasteiger partial charge in [0.1, 0.15) is 19.0 Å². The van der Waals surface area contributed by atoms with Crippen LogP contribution in [-0.2, 0) is 30.4 Å². The lowest BCUT2D eigenvalue weighted by Gasteiger charge is -2.24. The summed E-state index contributed by atoms with van der Waals surface area (Å²) in [6.07, 6.45) is -0.749. The molecule has 1 amide bonds. The topological polar surface area (TPSA) is 120 Å². The molecule has 0 saturated carbocycles. The van der Waals surface area contributed by atoms with E-state index in [4.69, 9.17) is 24.1 Å². The van der Waals surface area contributed by atoms with Crippen LogP contribution in [0.4, 0.5) is 4.79 Å². The molecule has 0 heterocycles. The van der Waals surface area contributed by atoms with E-state index in [1.165, 1.54) is 0 Å². The third kappa shape index (κ3) is 7.60. The maximum atomic E-state index is 12.9. The summed E-state index contributed by atoms with van der Waals surface area (Å²) < 4.78 is 21.9. The van der Waals surface area contributed by atoms with Crippen LogP contribution in [0.1, 0.15) is 43.4 Å². The highest BCUT2D eigenvalue weighted by Gasteiger charge is 2.30. The predicted molar refractivity (Wildman–Crippen MR) is 147 cm³/mol. The minimum Gasteiger partial charge on any atom is -0.482 e. The summed E-state index contributed by atoms with van der Waals surface area (Å²) in [7, 11) is 0. The van der Waals surface area contributed by atoms with Crippen molar-refractivity contribution in [1.82, 2.24) is 5.32 Å². The van der Waals surface area contributed by atoms with Crippen molar-refractivity contribution in [1.29, 1.82) is 0 Å². The van der Waals surface area contributed by atoms with Gasteiger partial charge in [0.2, 0.25) is 0 Å². The predicted octanol–water partition coefficient (Wildman–Crippen LogP) is 4.92. The van der Waals surface area contributed by atoms with E-state index < -0.39 is 36.3 Å². The lowest BCUT2D eigenvalue weighted by atomic mass is 9.98. The number of benzene rings is 3. The second-order valence-corrected chi connectivity index (χ2v) is 10.4. The van der Waals surface area contributed by atoms with E-state index in [0.717, 1.165) is 22.3 Å². The number of amides is 1. The standard InChI is InChI=1S/C31H33NO8/c1-31(2,3)40-18-27(29(35)38-16-20-12-14-21(15-13-20)37-19-28(33)34)32-30(36)39-17-26-24-10-6-4-8-22(24)23-9-5-7-11-25(23)26/h4-15,26-27H,16-19H2,1-3H3,(H,32,36)(H,33,34)/t27-/m0/s1. The van der Waals surface area contributed by atoms with Gasteiger partial charge >= 0.3 is 18.0 Å². The molecule has 1 atom stereocenters. The third-order valence-corrected chi connectivity index (χ3v) is 6.27. The van der Waals surface area contributed by atoms with Crippen LogP contribution in [0.5, 0.6) is 5.75 Å². The number of carboxylic acids is 1. The summed E-state index contributed by atoms with van der Waals surface area (Å²) in [6, 6.07) is 21.5. The normalized spacial score (nSPS) is 13.1. The summed E-state index contributed by atoms with van der Waals surface area (Å²) >= 11 is 0. The van der Waals surface area contributed by atoms with Gasteiger partial charge in [-0.25, -0.2) is 14.4 Å². The second-order valence-electron chi connectivity index (χ2n) is 10.4. The summed E-state index contributed by atoms with van der Waals surface area (Å²) in [4.78, 5) is 36.4. The smallest absolute Gasteiger partial charge is 0.407 e. The molecule has 0 aliphatic heterocycles. The molecular weight excluding hydrogens is 514 g/mol. The van der Waals surface area contributed by atoms with Gasteiger partial charge in [-0.2, -0.15) is 0 Å². The zero-order valence-electron chi connectivity index (χ0n) is 22.7. The first kappa shape index (κ1) is 28.6. The number of esters is 1. The fourth-order valence-corrected chi connectivity index (χ4v) is 4.37.